The van der Waals surface area contributed by atoms with E-state index in [-0.39, 0.29) is 0 Å². The fraction of sp³-hybridized carbons (Fsp3) is 0.562. The molecule has 1 atom stereocenters. The van der Waals surface area contributed by atoms with Crippen LogP contribution in [0, 0.1) is 0 Å². The molecule has 0 saturated carbocycles. The number of hydrogen-bond acceptors (Lipinski definition) is 2. The first-order chi connectivity index (χ1) is 10.5. The average Bonchev–Trinajstić information content (AvgIpc) is 2.51. The molecule has 1 heterocycles. The Balaban J connectivity index is 1.86. The lowest BCUT2D eigenvalue weighted by atomic mass is 10.2. The first kappa shape index (κ1) is 17.8. The second-order valence-electron chi connectivity index (χ2n) is 5.72. The standard InChI is InChI=1S/C16H23Cl2N3S/c1-3-12(2)19-16(22)21-9-7-20(8-10-21)11-13-14(17)5-4-6-15(13)18/h4-6,12H,3,7-11H2,1-2H3,(H,19,22). The minimum atomic E-state index is 0.424. The van der Waals surface area contributed by atoms with E-state index in [1.54, 1.807) is 0 Å². The molecule has 0 spiro atoms. The molecular formula is C16H23Cl2N3S. The molecular weight excluding hydrogens is 337 g/mol. The van der Waals surface area contributed by atoms with E-state index < -0.39 is 0 Å². The van der Waals surface area contributed by atoms with Crippen LogP contribution in [0.4, 0.5) is 0 Å². The van der Waals surface area contributed by atoms with Crippen LogP contribution in [-0.2, 0) is 6.54 Å². The summed E-state index contributed by atoms with van der Waals surface area (Å²) in [6, 6.07) is 6.09. The second-order valence-corrected chi connectivity index (χ2v) is 6.92. The van der Waals surface area contributed by atoms with E-state index in [0.29, 0.717) is 6.04 Å². The Morgan fingerprint density at radius 1 is 1.23 bits per heavy atom. The summed E-state index contributed by atoms with van der Waals surface area (Å²) in [7, 11) is 0. The number of nitrogens with zero attached hydrogens (tertiary/aromatic N) is 2. The van der Waals surface area contributed by atoms with E-state index in [0.717, 1.165) is 59.9 Å². The summed E-state index contributed by atoms with van der Waals surface area (Å²) in [6.07, 6.45) is 1.07. The Morgan fingerprint density at radius 2 is 1.82 bits per heavy atom. The van der Waals surface area contributed by atoms with Crippen molar-refractivity contribution in [2.24, 2.45) is 0 Å². The summed E-state index contributed by atoms with van der Waals surface area (Å²) < 4.78 is 0. The quantitative estimate of drug-likeness (QED) is 0.824. The van der Waals surface area contributed by atoms with Gasteiger partial charge in [0.2, 0.25) is 0 Å². The van der Waals surface area contributed by atoms with Gasteiger partial charge in [0, 0.05) is 54.4 Å². The van der Waals surface area contributed by atoms with E-state index >= 15 is 0 Å². The van der Waals surface area contributed by atoms with Gasteiger partial charge in [-0.05, 0) is 37.7 Å². The van der Waals surface area contributed by atoms with Crippen LogP contribution in [0.2, 0.25) is 10.0 Å². The van der Waals surface area contributed by atoms with Gasteiger partial charge in [0.25, 0.3) is 0 Å². The molecule has 0 aliphatic carbocycles. The van der Waals surface area contributed by atoms with Crippen LogP contribution < -0.4 is 5.32 Å². The zero-order chi connectivity index (χ0) is 16.1. The highest BCUT2D eigenvalue weighted by atomic mass is 35.5. The topological polar surface area (TPSA) is 18.5 Å². The molecule has 1 aromatic carbocycles. The van der Waals surface area contributed by atoms with Gasteiger partial charge in [0.15, 0.2) is 5.11 Å². The lowest BCUT2D eigenvalue weighted by Crippen LogP contribution is -2.52. The van der Waals surface area contributed by atoms with Gasteiger partial charge in [0.1, 0.15) is 0 Å². The SMILES string of the molecule is CCC(C)NC(=S)N1CCN(Cc2c(Cl)cccc2Cl)CC1. The molecule has 1 fully saturated rings. The molecule has 0 amide bonds. The molecule has 2 rings (SSSR count). The molecule has 1 aliphatic heterocycles. The molecule has 1 N–H and O–H groups in total. The van der Waals surface area contributed by atoms with Gasteiger partial charge in [-0.25, -0.2) is 0 Å². The number of thiocarbonyl (C=S) groups is 1. The van der Waals surface area contributed by atoms with E-state index in [1.807, 2.05) is 18.2 Å². The Bertz CT molecular complexity index is 496. The highest BCUT2D eigenvalue weighted by Crippen LogP contribution is 2.26. The second kappa shape index (κ2) is 8.34. The molecule has 22 heavy (non-hydrogen) atoms. The number of rotatable bonds is 4. The van der Waals surface area contributed by atoms with Gasteiger partial charge in [-0.3, -0.25) is 4.90 Å². The Morgan fingerprint density at radius 3 is 2.36 bits per heavy atom. The molecule has 6 heteroatoms. The predicted octanol–water partition coefficient (Wildman–Crippen LogP) is 3.78. The Kier molecular flexibility index (Phi) is 6.75. The van der Waals surface area contributed by atoms with Crippen LogP contribution in [0.3, 0.4) is 0 Å². The summed E-state index contributed by atoms with van der Waals surface area (Å²) in [5, 5.41) is 5.72. The van der Waals surface area contributed by atoms with E-state index in [4.69, 9.17) is 35.4 Å². The van der Waals surface area contributed by atoms with Gasteiger partial charge in [0.05, 0.1) is 0 Å². The van der Waals surface area contributed by atoms with Crippen molar-refractivity contribution in [1.82, 2.24) is 15.1 Å². The van der Waals surface area contributed by atoms with Crippen LogP contribution in [0.1, 0.15) is 25.8 Å². The summed E-state index contributed by atoms with van der Waals surface area (Å²) in [4.78, 5) is 4.61. The van der Waals surface area contributed by atoms with Crippen molar-refractivity contribution < 1.29 is 0 Å². The summed E-state index contributed by atoms with van der Waals surface area (Å²) in [5.41, 5.74) is 1.01. The maximum Gasteiger partial charge on any atom is 0.169 e. The molecule has 0 radical (unpaired) electrons. The Labute approximate surface area is 148 Å². The lowest BCUT2D eigenvalue weighted by molar-refractivity contribution is 0.174. The van der Waals surface area contributed by atoms with Crippen molar-refractivity contribution in [1.29, 1.82) is 0 Å². The predicted molar refractivity (Wildman–Crippen MR) is 98.8 cm³/mol. The number of nitrogens with one attached hydrogen (secondary N) is 1. The molecule has 1 unspecified atom stereocenters. The zero-order valence-corrected chi connectivity index (χ0v) is 15.4. The van der Waals surface area contributed by atoms with Crippen molar-refractivity contribution in [2.45, 2.75) is 32.9 Å². The van der Waals surface area contributed by atoms with Crippen LogP contribution in [0.15, 0.2) is 18.2 Å². The van der Waals surface area contributed by atoms with Gasteiger partial charge in [-0.15, -0.1) is 0 Å². The van der Waals surface area contributed by atoms with Crippen LogP contribution in [-0.4, -0.2) is 47.1 Å². The third-order valence-electron chi connectivity index (χ3n) is 4.09. The van der Waals surface area contributed by atoms with Gasteiger partial charge >= 0.3 is 0 Å². The fourth-order valence-corrected chi connectivity index (χ4v) is 3.32. The highest BCUT2D eigenvalue weighted by Gasteiger charge is 2.20. The Hall–Kier alpha value is -0.550. The van der Waals surface area contributed by atoms with Crippen LogP contribution in [0.25, 0.3) is 0 Å². The van der Waals surface area contributed by atoms with Crippen molar-refractivity contribution in [3.63, 3.8) is 0 Å². The summed E-state index contributed by atoms with van der Waals surface area (Å²) in [6.45, 7) is 8.90. The lowest BCUT2D eigenvalue weighted by Gasteiger charge is -2.37. The van der Waals surface area contributed by atoms with Gasteiger partial charge in [-0.2, -0.15) is 0 Å². The van der Waals surface area contributed by atoms with Crippen molar-refractivity contribution in [3.8, 4) is 0 Å². The smallest absolute Gasteiger partial charge is 0.169 e. The minimum Gasteiger partial charge on any atom is -0.360 e. The normalized spacial score (nSPS) is 17.4. The fourth-order valence-electron chi connectivity index (χ4n) is 2.42. The summed E-state index contributed by atoms with van der Waals surface area (Å²) >= 11 is 18.0. The number of hydrogen-bond donors (Lipinski definition) is 1. The van der Waals surface area contributed by atoms with Crippen LogP contribution >= 0.6 is 35.4 Å². The average molecular weight is 360 g/mol. The monoisotopic (exact) mass is 359 g/mol. The molecule has 3 nitrogen and oxygen atoms in total. The first-order valence-corrected chi connectivity index (χ1v) is 8.88. The molecule has 1 aromatic rings. The van der Waals surface area contributed by atoms with Gasteiger partial charge in [-0.1, -0.05) is 36.2 Å². The number of piperazine rings is 1. The highest BCUT2D eigenvalue weighted by molar-refractivity contribution is 7.80. The van der Waals surface area contributed by atoms with E-state index in [2.05, 4.69) is 29.0 Å². The number of halogens is 2. The maximum absolute atomic E-state index is 6.25. The minimum absolute atomic E-state index is 0.424. The molecule has 1 aliphatic rings. The van der Waals surface area contributed by atoms with Crippen molar-refractivity contribution in [3.05, 3.63) is 33.8 Å². The van der Waals surface area contributed by atoms with Gasteiger partial charge < -0.3 is 10.2 Å². The van der Waals surface area contributed by atoms with Crippen molar-refractivity contribution >= 4 is 40.5 Å². The van der Waals surface area contributed by atoms with E-state index in [9.17, 15) is 0 Å². The zero-order valence-electron chi connectivity index (χ0n) is 13.1. The molecule has 0 bridgehead atoms. The third kappa shape index (κ3) is 4.72. The molecule has 122 valence electrons. The summed E-state index contributed by atoms with van der Waals surface area (Å²) in [5.74, 6) is 0. The molecule has 1 saturated heterocycles. The largest absolute Gasteiger partial charge is 0.360 e. The van der Waals surface area contributed by atoms with E-state index in [1.165, 1.54) is 0 Å². The van der Waals surface area contributed by atoms with Crippen molar-refractivity contribution in [2.75, 3.05) is 26.2 Å². The third-order valence-corrected chi connectivity index (χ3v) is 5.17. The van der Waals surface area contributed by atoms with Crippen LogP contribution in [0.5, 0.6) is 0 Å². The first-order valence-electron chi connectivity index (χ1n) is 7.72. The molecule has 0 aromatic heterocycles. The number of benzene rings is 1. The maximum atomic E-state index is 6.25.